The fourth-order valence-electron chi connectivity index (χ4n) is 2.63. The number of aryl methyl sites for hydroxylation is 2. The van der Waals surface area contributed by atoms with E-state index < -0.39 is 11.8 Å². The maximum Gasteiger partial charge on any atom is 0.261 e. The highest BCUT2D eigenvalue weighted by Gasteiger charge is 2.20. The molecule has 3 rings (SSSR count). The van der Waals surface area contributed by atoms with E-state index in [0.29, 0.717) is 16.9 Å². The van der Waals surface area contributed by atoms with Crippen molar-refractivity contribution in [2.45, 2.75) is 13.8 Å². The van der Waals surface area contributed by atoms with E-state index >= 15 is 0 Å². The van der Waals surface area contributed by atoms with E-state index in [2.05, 4.69) is 15.6 Å². The summed E-state index contributed by atoms with van der Waals surface area (Å²) in [7, 11) is 0. The Morgan fingerprint density at radius 1 is 0.862 bits per heavy atom. The van der Waals surface area contributed by atoms with Gasteiger partial charge in [0.1, 0.15) is 10.7 Å². The number of rotatable bonds is 5. The third kappa shape index (κ3) is 5.30. The molecule has 0 unspecified atom stereocenters. The van der Waals surface area contributed by atoms with Gasteiger partial charge >= 0.3 is 0 Å². The summed E-state index contributed by atoms with van der Waals surface area (Å²) in [6.45, 7) is 3.95. The van der Waals surface area contributed by atoms with Crippen molar-refractivity contribution >= 4 is 40.9 Å². The van der Waals surface area contributed by atoms with Gasteiger partial charge in [-0.25, -0.2) is 4.98 Å². The molecule has 0 bridgehead atoms. The number of amides is 2. The topological polar surface area (TPSA) is 71.1 Å². The molecule has 0 spiro atoms. The number of para-hydroxylation sites is 1. The first-order chi connectivity index (χ1) is 13.9. The number of aromatic nitrogens is 1. The lowest BCUT2D eigenvalue weighted by atomic mass is 10.1. The SMILES string of the molecule is Cc1ccc(NC(=O)C(=Cc2cccnc2Cl)C(=O)Nc2ccccc2)cc1C. The summed E-state index contributed by atoms with van der Waals surface area (Å²) in [4.78, 5) is 29.8. The summed E-state index contributed by atoms with van der Waals surface area (Å²) in [5.41, 5.74) is 3.73. The molecule has 0 radical (unpaired) electrons. The van der Waals surface area contributed by atoms with Crippen molar-refractivity contribution in [3.8, 4) is 0 Å². The number of nitrogens with one attached hydrogen (secondary N) is 2. The molecule has 0 aliphatic heterocycles. The van der Waals surface area contributed by atoms with E-state index in [9.17, 15) is 9.59 Å². The van der Waals surface area contributed by atoms with Crippen molar-refractivity contribution < 1.29 is 9.59 Å². The van der Waals surface area contributed by atoms with Crippen molar-refractivity contribution in [3.05, 3.63) is 94.3 Å². The molecule has 5 nitrogen and oxygen atoms in total. The summed E-state index contributed by atoms with van der Waals surface area (Å²) >= 11 is 6.12. The Morgan fingerprint density at radius 3 is 2.21 bits per heavy atom. The van der Waals surface area contributed by atoms with Crippen LogP contribution in [0.25, 0.3) is 6.08 Å². The van der Waals surface area contributed by atoms with Crippen LogP contribution in [0.5, 0.6) is 0 Å². The van der Waals surface area contributed by atoms with Gasteiger partial charge in [-0.05, 0) is 61.4 Å². The van der Waals surface area contributed by atoms with Gasteiger partial charge in [0.2, 0.25) is 0 Å². The Labute approximate surface area is 174 Å². The highest BCUT2D eigenvalue weighted by Crippen LogP contribution is 2.19. The van der Waals surface area contributed by atoms with Crippen LogP contribution in [0, 0.1) is 13.8 Å². The predicted octanol–water partition coefficient (Wildman–Crippen LogP) is 5.01. The second-order valence-electron chi connectivity index (χ2n) is 6.51. The van der Waals surface area contributed by atoms with E-state index in [0.717, 1.165) is 11.1 Å². The molecular weight excluding hydrogens is 386 g/mol. The first-order valence-corrected chi connectivity index (χ1v) is 9.39. The molecule has 2 amide bonds. The first-order valence-electron chi connectivity index (χ1n) is 9.01. The number of hydrogen-bond acceptors (Lipinski definition) is 3. The molecule has 0 aliphatic rings. The Morgan fingerprint density at radius 2 is 1.55 bits per heavy atom. The fourth-order valence-corrected chi connectivity index (χ4v) is 2.81. The molecule has 29 heavy (non-hydrogen) atoms. The lowest BCUT2D eigenvalue weighted by Gasteiger charge is -2.12. The van der Waals surface area contributed by atoms with Gasteiger partial charge in [-0.1, -0.05) is 41.9 Å². The summed E-state index contributed by atoms with van der Waals surface area (Å²) in [6, 6.07) is 17.9. The van der Waals surface area contributed by atoms with Gasteiger partial charge < -0.3 is 10.6 Å². The average Bonchev–Trinajstić information content (AvgIpc) is 2.70. The van der Waals surface area contributed by atoms with Gasteiger partial charge in [0, 0.05) is 23.1 Å². The zero-order valence-electron chi connectivity index (χ0n) is 16.1. The number of carbonyl (C=O) groups is 2. The largest absolute Gasteiger partial charge is 0.322 e. The van der Waals surface area contributed by atoms with Crippen LogP contribution in [0.2, 0.25) is 5.15 Å². The van der Waals surface area contributed by atoms with Gasteiger partial charge in [-0.3, -0.25) is 9.59 Å². The number of benzene rings is 2. The third-order valence-corrected chi connectivity index (χ3v) is 4.69. The van der Waals surface area contributed by atoms with Crippen LogP contribution in [0.3, 0.4) is 0 Å². The molecule has 6 heteroatoms. The van der Waals surface area contributed by atoms with Gasteiger partial charge in [0.25, 0.3) is 11.8 Å². The van der Waals surface area contributed by atoms with E-state index in [4.69, 9.17) is 11.6 Å². The Hall–Kier alpha value is -3.44. The smallest absolute Gasteiger partial charge is 0.261 e. The van der Waals surface area contributed by atoms with Crippen LogP contribution in [0.4, 0.5) is 11.4 Å². The highest BCUT2D eigenvalue weighted by atomic mass is 35.5. The van der Waals surface area contributed by atoms with E-state index in [1.54, 1.807) is 48.7 Å². The number of anilines is 2. The van der Waals surface area contributed by atoms with Crippen LogP contribution in [-0.4, -0.2) is 16.8 Å². The molecule has 2 aromatic carbocycles. The molecule has 0 atom stereocenters. The average molecular weight is 406 g/mol. The van der Waals surface area contributed by atoms with Crippen molar-refractivity contribution in [1.82, 2.24) is 4.98 Å². The normalized spacial score (nSPS) is 11.1. The lowest BCUT2D eigenvalue weighted by Crippen LogP contribution is -2.25. The molecule has 0 saturated carbocycles. The molecule has 146 valence electrons. The standard InChI is InChI=1S/C23H20ClN3O2/c1-15-10-11-19(13-16(15)2)27-23(29)20(14-17-7-6-12-25-21(17)24)22(28)26-18-8-4-3-5-9-18/h3-14H,1-2H3,(H,26,28)(H,27,29). The van der Waals surface area contributed by atoms with Crippen molar-refractivity contribution in [2.75, 3.05) is 10.6 Å². The Bertz CT molecular complexity index is 1080. The third-order valence-electron chi connectivity index (χ3n) is 4.37. The minimum atomic E-state index is -0.544. The summed E-state index contributed by atoms with van der Waals surface area (Å²) in [5.74, 6) is -1.08. The van der Waals surface area contributed by atoms with Gasteiger partial charge in [0.15, 0.2) is 0 Å². The van der Waals surface area contributed by atoms with Gasteiger partial charge in [-0.2, -0.15) is 0 Å². The second-order valence-corrected chi connectivity index (χ2v) is 6.87. The zero-order chi connectivity index (χ0) is 20.8. The number of carbonyl (C=O) groups excluding carboxylic acids is 2. The zero-order valence-corrected chi connectivity index (χ0v) is 16.8. The number of hydrogen-bond donors (Lipinski definition) is 2. The van der Waals surface area contributed by atoms with E-state index in [-0.39, 0.29) is 10.7 Å². The van der Waals surface area contributed by atoms with Crippen molar-refractivity contribution in [3.63, 3.8) is 0 Å². The van der Waals surface area contributed by atoms with Crippen molar-refractivity contribution in [1.29, 1.82) is 0 Å². The summed E-state index contributed by atoms with van der Waals surface area (Å²) < 4.78 is 0. The van der Waals surface area contributed by atoms with Crippen LogP contribution < -0.4 is 10.6 Å². The molecular formula is C23H20ClN3O2. The molecule has 2 N–H and O–H groups in total. The Kier molecular flexibility index (Phi) is 6.42. The summed E-state index contributed by atoms with van der Waals surface area (Å²) in [5, 5.41) is 5.73. The maximum atomic E-state index is 13.0. The molecule has 0 aliphatic carbocycles. The molecule has 1 aromatic heterocycles. The molecule has 1 heterocycles. The number of nitrogens with zero attached hydrogens (tertiary/aromatic N) is 1. The van der Waals surface area contributed by atoms with Crippen LogP contribution >= 0.6 is 11.6 Å². The lowest BCUT2D eigenvalue weighted by molar-refractivity contribution is -0.118. The molecule has 0 saturated heterocycles. The van der Waals surface area contributed by atoms with Crippen LogP contribution in [0.15, 0.2) is 72.4 Å². The second kappa shape index (κ2) is 9.17. The first kappa shape index (κ1) is 20.3. The highest BCUT2D eigenvalue weighted by molar-refractivity contribution is 6.32. The fraction of sp³-hybridized carbons (Fsp3) is 0.0870. The van der Waals surface area contributed by atoms with Crippen LogP contribution in [0.1, 0.15) is 16.7 Å². The van der Waals surface area contributed by atoms with Crippen LogP contribution in [-0.2, 0) is 9.59 Å². The van der Waals surface area contributed by atoms with Gasteiger partial charge in [0.05, 0.1) is 0 Å². The number of pyridine rings is 1. The minimum absolute atomic E-state index is 0.0815. The minimum Gasteiger partial charge on any atom is -0.322 e. The Balaban J connectivity index is 1.93. The predicted molar refractivity (Wildman–Crippen MR) is 117 cm³/mol. The maximum absolute atomic E-state index is 13.0. The quantitative estimate of drug-likeness (QED) is 0.271. The molecule has 3 aromatic rings. The van der Waals surface area contributed by atoms with E-state index in [1.165, 1.54) is 6.08 Å². The van der Waals surface area contributed by atoms with Gasteiger partial charge in [-0.15, -0.1) is 0 Å². The number of halogens is 1. The molecule has 0 fully saturated rings. The summed E-state index contributed by atoms with van der Waals surface area (Å²) in [6.07, 6.45) is 2.97. The van der Waals surface area contributed by atoms with Crippen molar-refractivity contribution in [2.24, 2.45) is 0 Å². The monoisotopic (exact) mass is 405 g/mol. The van der Waals surface area contributed by atoms with E-state index in [1.807, 2.05) is 32.0 Å².